The standard InChI is InChI=1S/C16H29N3/c1-15(2,3)11-7-8-12-13(9-11)19-14(18-12)10-17-16(4,5)6/h11,17H,7-10H2,1-6H3,(H,18,19). The van der Waals surface area contributed by atoms with E-state index >= 15 is 0 Å². The topological polar surface area (TPSA) is 40.7 Å². The first-order chi connectivity index (χ1) is 8.65. The summed E-state index contributed by atoms with van der Waals surface area (Å²) in [5, 5.41) is 3.49. The molecule has 1 unspecified atom stereocenters. The van der Waals surface area contributed by atoms with E-state index in [1.165, 1.54) is 17.8 Å². The summed E-state index contributed by atoms with van der Waals surface area (Å²) in [5.74, 6) is 1.86. The lowest BCUT2D eigenvalue weighted by molar-refractivity contribution is 0.214. The van der Waals surface area contributed by atoms with Crippen LogP contribution in [0.5, 0.6) is 0 Å². The number of hydrogen-bond donors (Lipinski definition) is 2. The van der Waals surface area contributed by atoms with E-state index in [0.29, 0.717) is 5.41 Å². The Morgan fingerprint density at radius 2 is 1.89 bits per heavy atom. The maximum Gasteiger partial charge on any atom is 0.120 e. The predicted octanol–water partition coefficient (Wildman–Crippen LogP) is 3.45. The van der Waals surface area contributed by atoms with Crippen LogP contribution in [0.15, 0.2) is 0 Å². The van der Waals surface area contributed by atoms with Crippen molar-refractivity contribution in [3.8, 4) is 0 Å². The molecule has 2 N–H and O–H groups in total. The van der Waals surface area contributed by atoms with Crippen molar-refractivity contribution in [2.75, 3.05) is 0 Å². The lowest BCUT2D eigenvalue weighted by atomic mass is 9.73. The molecule has 1 atom stereocenters. The monoisotopic (exact) mass is 263 g/mol. The molecule has 3 heteroatoms. The van der Waals surface area contributed by atoms with Crippen LogP contribution in [-0.2, 0) is 19.4 Å². The van der Waals surface area contributed by atoms with E-state index in [1.54, 1.807) is 0 Å². The number of nitrogens with one attached hydrogen (secondary N) is 2. The van der Waals surface area contributed by atoms with Crippen molar-refractivity contribution in [3.05, 3.63) is 17.2 Å². The van der Waals surface area contributed by atoms with Gasteiger partial charge in [-0.3, -0.25) is 0 Å². The molecule has 1 aliphatic carbocycles. The molecule has 0 aliphatic heterocycles. The van der Waals surface area contributed by atoms with Crippen LogP contribution in [0.3, 0.4) is 0 Å². The van der Waals surface area contributed by atoms with Crippen LogP contribution >= 0.6 is 0 Å². The molecule has 108 valence electrons. The van der Waals surface area contributed by atoms with E-state index in [1.807, 2.05) is 0 Å². The smallest absolute Gasteiger partial charge is 0.120 e. The molecular weight excluding hydrogens is 234 g/mol. The average Bonchev–Trinajstić information content (AvgIpc) is 2.65. The summed E-state index contributed by atoms with van der Waals surface area (Å²) in [7, 11) is 0. The highest BCUT2D eigenvalue weighted by molar-refractivity contribution is 5.19. The molecule has 0 saturated carbocycles. The first kappa shape index (κ1) is 14.6. The maximum absolute atomic E-state index is 4.75. The molecule has 1 aromatic heterocycles. The van der Waals surface area contributed by atoms with Gasteiger partial charge in [-0.1, -0.05) is 20.8 Å². The Morgan fingerprint density at radius 3 is 2.47 bits per heavy atom. The largest absolute Gasteiger partial charge is 0.345 e. The van der Waals surface area contributed by atoms with Gasteiger partial charge in [0.25, 0.3) is 0 Å². The van der Waals surface area contributed by atoms with Crippen LogP contribution in [-0.4, -0.2) is 15.5 Å². The highest BCUT2D eigenvalue weighted by Crippen LogP contribution is 2.36. The van der Waals surface area contributed by atoms with E-state index in [2.05, 4.69) is 51.8 Å². The fourth-order valence-corrected chi connectivity index (χ4v) is 2.71. The minimum absolute atomic E-state index is 0.140. The van der Waals surface area contributed by atoms with E-state index in [0.717, 1.165) is 31.1 Å². The molecule has 2 rings (SSSR count). The minimum atomic E-state index is 0.140. The summed E-state index contributed by atoms with van der Waals surface area (Å²) in [6, 6.07) is 0. The quantitative estimate of drug-likeness (QED) is 0.858. The van der Waals surface area contributed by atoms with Crippen molar-refractivity contribution in [2.24, 2.45) is 11.3 Å². The maximum atomic E-state index is 4.75. The molecule has 0 aromatic carbocycles. The number of fused-ring (bicyclic) bond motifs is 1. The summed E-state index contributed by atoms with van der Waals surface area (Å²) in [4.78, 5) is 8.29. The molecule has 19 heavy (non-hydrogen) atoms. The molecule has 3 nitrogen and oxygen atoms in total. The molecule has 0 saturated heterocycles. The van der Waals surface area contributed by atoms with E-state index in [4.69, 9.17) is 4.98 Å². The van der Waals surface area contributed by atoms with Gasteiger partial charge in [-0.2, -0.15) is 0 Å². The number of H-pyrrole nitrogens is 1. The number of imidazole rings is 1. The number of hydrogen-bond acceptors (Lipinski definition) is 2. The van der Waals surface area contributed by atoms with E-state index in [9.17, 15) is 0 Å². The van der Waals surface area contributed by atoms with Crippen molar-refractivity contribution in [3.63, 3.8) is 0 Å². The number of aromatic nitrogens is 2. The highest BCUT2D eigenvalue weighted by atomic mass is 15.0. The normalized spacial score (nSPS) is 20.4. The van der Waals surface area contributed by atoms with Gasteiger partial charge < -0.3 is 10.3 Å². The Balaban J connectivity index is 2.04. The van der Waals surface area contributed by atoms with Crippen LogP contribution in [0.25, 0.3) is 0 Å². The molecular formula is C16H29N3. The molecule has 0 radical (unpaired) electrons. The molecule has 0 amide bonds. The Kier molecular flexibility index (Phi) is 3.78. The second-order valence-electron chi connectivity index (χ2n) is 8.02. The number of rotatable bonds is 2. The highest BCUT2D eigenvalue weighted by Gasteiger charge is 2.30. The van der Waals surface area contributed by atoms with Gasteiger partial charge in [0, 0.05) is 11.2 Å². The molecule has 1 aliphatic rings. The van der Waals surface area contributed by atoms with Gasteiger partial charge in [-0.15, -0.1) is 0 Å². The Hall–Kier alpha value is -0.830. The summed E-state index contributed by atoms with van der Waals surface area (Å²) in [6.45, 7) is 14.4. The van der Waals surface area contributed by atoms with Gasteiger partial charge in [0.05, 0.1) is 12.2 Å². The van der Waals surface area contributed by atoms with Crippen molar-refractivity contribution in [1.29, 1.82) is 0 Å². The second kappa shape index (κ2) is 4.93. The van der Waals surface area contributed by atoms with Crippen LogP contribution in [0.4, 0.5) is 0 Å². The van der Waals surface area contributed by atoms with Crippen molar-refractivity contribution in [1.82, 2.24) is 15.3 Å². The fraction of sp³-hybridized carbons (Fsp3) is 0.812. The van der Waals surface area contributed by atoms with E-state index < -0.39 is 0 Å². The average molecular weight is 263 g/mol. The summed E-state index contributed by atoms with van der Waals surface area (Å²) >= 11 is 0. The first-order valence-corrected chi connectivity index (χ1v) is 7.47. The van der Waals surface area contributed by atoms with Crippen LogP contribution < -0.4 is 5.32 Å². The predicted molar refractivity (Wildman–Crippen MR) is 80.2 cm³/mol. The van der Waals surface area contributed by atoms with Crippen LogP contribution in [0.1, 0.15) is 65.2 Å². The summed E-state index contributed by atoms with van der Waals surface area (Å²) < 4.78 is 0. The molecule has 0 fully saturated rings. The molecule has 1 heterocycles. The van der Waals surface area contributed by atoms with Gasteiger partial charge in [0.15, 0.2) is 0 Å². The number of nitrogens with zero attached hydrogens (tertiary/aromatic N) is 1. The SMILES string of the molecule is CC(C)(C)NCc1nc2c([nH]1)CC(C(C)(C)C)CC2. The Bertz CT molecular complexity index is 432. The molecule has 0 bridgehead atoms. The zero-order chi connectivity index (χ0) is 14.3. The third-order valence-corrected chi connectivity index (χ3v) is 4.10. The van der Waals surface area contributed by atoms with Crippen molar-refractivity contribution in [2.45, 2.75) is 72.9 Å². The zero-order valence-corrected chi connectivity index (χ0v) is 13.4. The minimum Gasteiger partial charge on any atom is -0.345 e. The fourth-order valence-electron chi connectivity index (χ4n) is 2.71. The van der Waals surface area contributed by atoms with Crippen molar-refractivity contribution < 1.29 is 0 Å². The summed E-state index contributed by atoms with van der Waals surface area (Å²) in [6.07, 6.45) is 3.55. The van der Waals surface area contributed by atoms with Crippen LogP contribution in [0, 0.1) is 11.3 Å². The van der Waals surface area contributed by atoms with Gasteiger partial charge in [-0.25, -0.2) is 4.98 Å². The first-order valence-electron chi connectivity index (χ1n) is 7.47. The third-order valence-electron chi connectivity index (χ3n) is 4.10. The lowest BCUT2D eigenvalue weighted by Crippen LogP contribution is -2.35. The van der Waals surface area contributed by atoms with Gasteiger partial charge >= 0.3 is 0 Å². The van der Waals surface area contributed by atoms with Gasteiger partial charge in [-0.05, 0) is 51.4 Å². The Morgan fingerprint density at radius 1 is 1.21 bits per heavy atom. The number of aryl methyl sites for hydroxylation is 1. The van der Waals surface area contributed by atoms with Crippen LogP contribution in [0.2, 0.25) is 0 Å². The molecule has 0 spiro atoms. The Labute approximate surface area is 117 Å². The van der Waals surface area contributed by atoms with E-state index in [-0.39, 0.29) is 5.54 Å². The zero-order valence-electron chi connectivity index (χ0n) is 13.4. The number of aromatic amines is 1. The van der Waals surface area contributed by atoms with Gasteiger partial charge in [0.2, 0.25) is 0 Å². The second-order valence-corrected chi connectivity index (χ2v) is 8.02. The molecule has 1 aromatic rings. The lowest BCUT2D eigenvalue weighted by Gasteiger charge is -2.33. The summed E-state index contributed by atoms with van der Waals surface area (Å²) in [5.41, 5.74) is 3.21. The third kappa shape index (κ3) is 3.82. The van der Waals surface area contributed by atoms with Crippen molar-refractivity contribution >= 4 is 0 Å². The van der Waals surface area contributed by atoms with Gasteiger partial charge in [0.1, 0.15) is 5.82 Å².